The molecule has 2 aromatic heterocycles. The lowest BCUT2D eigenvalue weighted by Gasteiger charge is -2.11. The minimum atomic E-state index is -1.08. The number of nitrogens with one attached hydrogen (secondary N) is 1. The summed E-state index contributed by atoms with van der Waals surface area (Å²) in [6.07, 6.45) is 0. The summed E-state index contributed by atoms with van der Waals surface area (Å²) in [6.45, 7) is 5.64. The maximum atomic E-state index is 10.9. The molecule has 0 saturated carbocycles. The number of aromatic carboxylic acids is 1. The SMILES string of the molecule is Cc1nc2nc(C(=O)O)cc(NC(C)C)n2n1. The van der Waals surface area contributed by atoms with Gasteiger partial charge in [0.1, 0.15) is 11.6 Å². The first-order valence-electron chi connectivity index (χ1n) is 5.21. The van der Waals surface area contributed by atoms with Crippen LogP contribution in [0.5, 0.6) is 0 Å². The molecule has 0 aliphatic heterocycles. The van der Waals surface area contributed by atoms with E-state index in [0.29, 0.717) is 11.6 Å². The smallest absolute Gasteiger partial charge is 0.354 e. The van der Waals surface area contributed by atoms with E-state index in [1.165, 1.54) is 10.6 Å². The van der Waals surface area contributed by atoms with Crippen molar-refractivity contribution in [2.45, 2.75) is 26.8 Å². The van der Waals surface area contributed by atoms with E-state index in [1.807, 2.05) is 13.8 Å². The Hall–Kier alpha value is -2.18. The van der Waals surface area contributed by atoms with Crippen LogP contribution >= 0.6 is 0 Å². The van der Waals surface area contributed by atoms with Crippen LogP contribution in [0.1, 0.15) is 30.2 Å². The van der Waals surface area contributed by atoms with Gasteiger partial charge in [0.15, 0.2) is 5.69 Å². The van der Waals surface area contributed by atoms with Crippen molar-refractivity contribution in [3.8, 4) is 0 Å². The Labute approximate surface area is 97.5 Å². The second-order valence-corrected chi connectivity index (χ2v) is 4.00. The van der Waals surface area contributed by atoms with Crippen LogP contribution in [0, 0.1) is 6.92 Å². The molecular weight excluding hydrogens is 222 g/mol. The zero-order valence-electron chi connectivity index (χ0n) is 9.80. The highest BCUT2D eigenvalue weighted by atomic mass is 16.4. The van der Waals surface area contributed by atoms with Crippen LogP contribution in [0.3, 0.4) is 0 Å². The van der Waals surface area contributed by atoms with Crippen molar-refractivity contribution in [1.29, 1.82) is 0 Å². The molecule has 2 heterocycles. The van der Waals surface area contributed by atoms with Gasteiger partial charge in [-0.2, -0.15) is 9.50 Å². The standard InChI is InChI=1S/C10H13N5O2/c1-5(2)11-8-4-7(9(16)17)13-10-12-6(3)14-15(8)10/h4-5,11H,1-3H3,(H,16,17). The molecule has 0 spiro atoms. The molecule has 0 unspecified atom stereocenters. The van der Waals surface area contributed by atoms with E-state index in [4.69, 9.17) is 5.11 Å². The predicted molar refractivity (Wildman–Crippen MR) is 61.2 cm³/mol. The van der Waals surface area contributed by atoms with E-state index < -0.39 is 5.97 Å². The van der Waals surface area contributed by atoms with E-state index >= 15 is 0 Å². The van der Waals surface area contributed by atoms with E-state index in [1.54, 1.807) is 6.92 Å². The van der Waals surface area contributed by atoms with Gasteiger partial charge in [0.25, 0.3) is 5.78 Å². The number of hydrogen-bond acceptors (Lipinski definition) is 5. The number of aromatic nitrogens is 4. The fourth-order valence-electron chi connectivity index (χ4n) is 1.48. The van der Waals surface area contributed by atoms with Gasteiger partial charge in [-0.1, -0.05) is 0 Å². The first kappa shape index (κ1) is 11.3. The van der Waals surface area contributed by atoms with Gasteiger partial charge in [-0.05, 0) is 20.8 Å². The fraction of sp³-hybridized carbons (Fsp3) is 0.400. The number of hydrogen-bond donors (Lipinski definition) is 2. The summed E-state index contributed by atoms with van der Waals surface area (Å²) < 4.78 is 1.50. The number of carbonyl (C=O) groups is 1. The zero-order chi connectivity index (χ0) is 12.6. The number of rotatable bonds is 3. The average molecular weight is 235 g/mol. The predicted octanol–water partition coefficient (Wildman–Crippen LogP) is 0.951. The van der Waals surface area contributed by atoms with Crippen LogP contribution in [-0.2, 0) is 0 Å². The molecule has 0 bridgehead atoms. The van der Waals surface area contributed by atoms with Crippen LogP contribution in [0.15, 0.2) is 6.07 Å². The maximum Gasteiger partial charge on any atom is 0.354 e. The monoisotopic (exact) mass is 235 g/mol. The van der Waals surface area contributed by atoms with E-state index in [-0.39, 0.29) is 17.5 Å². The van der Waals surface area contributed by atoms with Crippen molar-refractivity contribution in [1.82, 2.24) is 19.6 Å². The lowest BCUT2D eigenvalue weighted by Crippen LogP contribution is -2.15. The van der Waals surface area contributed by atoms with Crippen LogP contribution in [0.4, 0.5) is 5.82 Å². The molecule has 17 heavy (non-hydrogen) atoms. The van der Waals surface area contributed by atoms with Crippen molar-refractivity contribution in [3.05, 3.63) is 17.6 Å². The van der Waals surface area contributed by atoms with Crippen molar-refractivity contribution < 1.29 is 9.90 Å². The Morgan fingerprint density at radius 2 is 2.18 bits per heavy atom. The minimum absolute atomic E-state index is 0.0481. The minimum Gasteiger partial charge on any atom is -0.477 e. The zero-order valence-corrected chi connectivity index (χ0v) is 9.80. The number of nitrogens with zero attached hydrogens (tertiary/aromatic N) is 4. The summed E-state index contributed by atoms with van der Waals surface area (Å²) >= 11 is 0. The number of aryl methyl sites for hydroxylation is 1. The molecule has 2 rings (SSSR count). The Bertz CT molecular complexity index is 575. The number of fused-ring (bicyclic) bond motifs is 1. The third kappa shape index (κ3) is 2.17. The average Bonchev–Trinajstić information content (AvgIpc) is 2.57. The molecule has 7 nitrogen and oxygen atoms in total. The van der Waals surface area contributed by atoms with Crippen molar-refractivity contribution in [2.24, 2.45) is 0 Å². The molecule has 7 heteroatoms. The summed E-state index contributed by atoms with van der Waals surface area (Å²) in [5, 5.41) is 16.2. The maximum absolute atomic E-state index is 10.9. The van der Waals surface area contributed by atoms with Crippen molar-refractivity contribution >= 4 is 17.6 Å². The summed E-state index contributed by atoms with van der Waals surface area (Å²) in [4.78, 5) is 18.9. The molecule has 90 valence electrons. The third-order valence-corrected chi connectivity index (χ3v) is 2.07. The van der Waals surface area contributed by atoms with Gasteiger partial charge in [-0.25, -0.2) is 9.78 Å². The fourth-order valence-corrected chi connectivity index (χ4v) is 1.48. The van der Waals surface area contributed by atoms with Gasteiger partial charge in [0.05, 0.1) is 0 Å². The van der Waals surface area contributed by atoms with Gasteiger partial charge < -0.3 is 10.4 Å². The van der Waals surface area contributed by atoms with Crippen LogP contribution in [-0.4, -0.2) is 36.7 Å². The highest BCUT2D eigenvalue weighted by molar-refractivity contribution is 5.86. The summed E-state index contributed by atoms with van der Waals surface area (Å²) in [6, 6.07) is 1.61. The Morgan fingerprint density at radius 3 is 2.76 bits per heavy atom. The second-order valence-electron chi connectivity index (χ2n) is 4.00. The molecule has 0 fully saturated rings. The van der Waals surface area contributed by atoms with Crippen LogP contribution in [0.25, 0.3) is 5.78 Å². The Morgan fingerprint density at radius 1 is 1.47 bits per heavy atom. The summed E-state index contributed by atoms with van der Waals surface area (Å²) in [5.74, 6) is 0.320. The van der Waals surface area contributed by atoms with Crippen LogP contribution < -0.4 is 5.32 Å². The topological polar surface area (TPSA) is 92.4 Å². The molecule has 0 aromatic carbocycles. The van der Waals surface area contributed by atoms with Gasteiger partial charge in [0, 0.05) is 12.1 Å². The molecule has 0 atom stereocenters. The highest BCUT2D eigenvalue weighted by Crippen LogP contribution is 2.12. The van der Waals surface area contributed by atoms with Crippen molar-refractivity contribution in [3.63, 3.8) is 0 Å². The second kappa shape index (κ2) is 4.00. The van der Waals surface area contributed by atoms with Crippen molar-refractivity contribution in [2.75, 3.05) is 5.32 Å². The summed E-state index contributed by atoms with van der Waals surface area (Å²) in [7, 11) is 0. The molecule has 0 aliphatic carbocycles. The van der Waals surface area contributed by atoms with E-state index in [9.17, 15) is 4.79 Å². The largest absolute Gasteiger partial charge is 0.477 e. The van der Waals surface area contributed by atoms with Crippen LogP contribution in [0.2, 0.25) is 0 Å². The normalized spacial score (nSPS) is 11.1. The Kier molecular flexibility index (Phi) is 2.66. The molecule has 0 aliphatic rings. The first-order valence-corrected chi connectivity index (χ1v) is 5.21. The lowest BCUT2D eigenvalue weighted by molar-refractivity contribution is 0.0690. The number of carboxylic acids is 1. The van der Waals surface area contributed by atoms with Gasteiger partial charge in [-0.15, -0.1) is 5.10 Å². The quantitative estimate of drug-likeness (QED) is 0.822. The van der Waals surface area contributed by atoms with E-state index in [0.717, 1.165) is 0 Å². The molecule has 0 radical (unpaired) electrons. The molecular formula is C10H13N5O2. The number of anilines is 1. The molecule has 0 amide bonds. The van der Waals surface area contributed by atoms with Gasteiger partial charge in [-0.3, -0.25) is 0 Å². The lowest BCUT2D eigenvalue weighted by atomic mass is 10.3. The third-order valence-electron chi connectivity index (χ3n) is 2.07. The van der Waals surface area contributed by atoms with Gasteiger partial charge >= 0.3 is 5.97 Å². The molecule has 2 N–H and O–H groups in total. The van der Waals surface area contributed by atoms with E-state index in [2.05, 4.69) is 20.4 Å². The molecule has 0 saturated heterocycles. The summed E-state index contributed by atoms with van der Waals surface area (Å²) in [5.41, 5.74) is -0.0481. The highest BCUT2D eigenvalue weighted by Gasteiger charge is 2.13. The first-order chi connectivity index (χ1) is 7.97. The van der Waals surface area contributed by atoms with Gasteiger partial charge in [0.2, 0.25) is 0 Å². The molecule has 2 aromatic rings. The Balaban J connectivity index is 2.64. The number of carboxylic acid groups (broad SMARTS) is 1.